The Hall–Kier alpha value is -0.990. The quantitative estimate of drug-likeness (QED) is 0.597. The van der Waals surface area contributed by atoms with Crippen LogP contribution in [0.15, 0.2) is 29.0 Å². The topological polar surface area (TPSA) is 72.0 Å². The number of halogens is 2. The molecule has 8 heteroatoms. The highest BCUT2D eigenvalue weighted by atomic mass is 79.9. The fourth-order valence-corrected chi connectivity index (χ4v) is 2.76. The second kappa shape index (κ2) is 7.33. The summed E-state index contributed by atoms with van der Waals surface area (Å²) < 4.78 is 2.72. The first kappa shape index (κ1) is 16.4. The lowest BCUT2D eigenvalue weighted by molar-refractivity contribution is 0.365. The van der Waals surface area contributed by atoms with Crippen molar-refractivity contribution in [3.63, 3.8) is 0 Å². The van der Waals surface area contributed by atoms with Crippen LogP contribution in [0, 0.1) is 0 Å². The first-order valence-electron chi connectivity index (χ1n) is 6.47. The summed E-state index contributed by atoms with van der Waals surface area (Å²) in [7, 11) is 4.03. The third-order valence-electron chi connectivity index (χ3n) is 3.09. The smallest absolute Gasteiger partial charge is 0.107 e. The predicted octanol–water partition coefficient (Wildman–Crippen LogP) is 1.81. The number of hydrogen-bond acceptors (Lipinski definition) is 5. The van der Waals surface area contributed by atoms with E-state index >= 15 is 0 Å². The number of hydrazine groups is 1. The standard InChI is InChI=1S/C13H18BrClN6/c1-20(2)6-7-21-13(10(15)8-18-21)12(19-16)11-9(14)4-3-5-17-11/h3-5,8,12,19H,6-7,16H2,1-2H3. The molecule has 2 aromatic rings. The van der Waals surface area contributed by atoms with Crippen LogP contribution in [0.4, 0.5) is 0 Å². The molecule has 2 heterocycles. The number of aromatic nitrogens is 3. The number of pyridine rings is 1. The van der Waals surface area contributed by atoms with E-state index in [4.69, 9.17) is 17.4 Å². The molecule has 0 aromatic carbocycles. The second-order valence-corrected chi connectivity index (χ2v) is 6.14. The van der Waals surface area contributed by atoms with Gasteiger partial charge in [0, 0.05) is 17.2 Å². The number of hydrogen-bond donors (Lipinski definition) is 2. The van der Waals surface area contributed by atoms with Crippen molar-refractivity contribution >= 4 is 27.5 Å². The van der Waals surface area contributed by atoms with E-state index < -0.39 is 0 Å². The molecule has 114 valence electrons. The van der Waals surface area contributed by atoms with Crippen LogP contribution in [-0.4, -0.2) is 40.3 Å². The lowest BCUT2D eigenvalue weighted by Gasteiger charge is -2.20. The van der Waals surface area contributed by atoms with Gasteiger partial charge in [-0.25, -0.2) is 5.43 Å². The van der Waals surface area contributed by atoms with Gasteiger partial charge in [-0.2, -0.15) is 5.10 Å². The van der Waals surface area contributed by atoms with Gasteiger partial charge in [-0.15, -0.1) is 0 Å². The first-order chi connectivity index (χ1) is 10.0. The van der Waals surface area contributed by atoms with Crippen molar-refractivity contribution in [2.45, 2.75) is 12.6 Å². The molecule has 0 fully saturated rings. The van der Waals surface area contributed by atoms with E-state index in [2.05, 4.69) is 36.3 Å². The predicted molar refractivity (Wildman–Crippen MR) is 86.9 cm³/mol. The molecule has 0 aliphatic heterocycles. The van der Waals surface area contributed by atoms with Crippen LogP contribution in [0.5, 0.6) is 0 Å². The molecule has 2 aromatic heterocycles. The van der Waals surface area contributed by atoms with Crippen molar-refractivity contribution in [1.29, 1.82) is 0 Å². The Morgan fingerprint density at radius 1 is 1.52 bits per heavy atom. The molecule has 0 radical (unpaired) electrons. The maximum absolute atomic E-state index is 6.30. The molecule has 0 aliphatic carbocycles. The molecule has 0 saturated heterocycles. The number of nitrogens with two attached hydrogens (primary N) is 1. The van der Waals surface area contributed by atoms with Crippen LogP contribution in [0.2, 0.25) is 5.02 Å². The molecular weight excluding hydrogens is 356 g/mol. The van der Waals surface area contributed by atoms with Gasteiger partial charge in [0.05, 0.1) is 29.2 Å². The van der Waals surface area contributed by atoms with Crippen molar-refractivity contribution in [1.82, 2.24) is 25.1 Å². The van der Waals surface area contributed by atoms with E-state index in [1.54, 1.807) is 12.4 Å². The molecule has 0 aliphatic rings. The maximum atomic E-state index is 6.30. The van der Waals surface area contributed by atoms with Crippen molar-refractivity contribution in [2.24, 2.45) is 5.84 Å². The largest absolute Gasteiger partial charge is 0.308 e. The molecule has 1 atom stereocenters. The van der Waals surface area contributed by atoms with E-state index in [-0.39, 0.29) is 6.04 Å². The summed E-state index contributed by atoms with van der Waals surface area (Å²) in [4.78, 5) is 6.47. The number of likely N-dealkylation sites (N-methyl/N-ethyl adjacent to an activating group) is 1. The highest BCUT2D eigenvalue weighted by Gasteiger charge is 2.24. The van der Waals surface area contributed by atoms with Crippen molar-refractivity contribution < 1.29 is 0 Å². The Kier molecular flexibility index (Phi) is 5.72. The molecule has 1 unspecified atom stereocenters. The average Bonchev–Trinajstić information content (AvgIpc) is 2.81. The lowest BCUT2D eigenvalue weighted by atomic mass is 10.1. The summed E-state index contributed by atoms with van der Waals surface area (Å²) in [5.74, 6) is 5.74. The monoisotopic (exact) mass is 372 g/mol. The number of nitrogens with one attached hydrogen (secondary N) is 1. The summed E-state index contributed by atoms with van der Waals surface area (Å²) >= 11 is 9.80. The van der Waals surface area contributed by atoms with Crippen LogP contribution >= 0.6 is 27.5 Å². The molecule has 2 rings (SSSR count). The Balaban J connectivity index is 2.38. The lowest BCUT2D eigenvalue weighted by Crippen LogP contribution is -2.32. The minimum atomic E-state index is -0.335. The van der Waals surface area contributed by atoms with Gasteiger partial charge in [-0.3, -0.25) is 15.5 Å². The van der Waals surface area contributed by atoms with Crippen LogP contribution in [0.1, 0.15) is 17.4 Å². The molecule has 0 spiro atoms. The van der Waals surface area contributed by atoms with Crippen LogP contribution in [-0.2, 0) is 6.54 Å². The fraction of sp³-hybridized carbons (Fsp3) is 0.385. The zero-order chi connectivity index (χ0) is 15.4. The summed E-state index contributed by atoms with van der Waals surface area (Å²) in [6, 6.07) is 3.44. The Morgan fingerprint density at radius 3 is 2.90 bits per heavy atom. The van der Waals surface area contributed by atoms with Gasteiger partial charge < -0.3 is 4.90 Å². The molecule has 21 heavy (non-hydrogen) atoms. The van der Waals surface area contributed by atoms with Gasteiger partial charge in [0.2, 0.25) is 0 Å². The Morgan fingerprint density at radius 2 is 2.29 bits per heavy atom. The van der Waals surface area contributed by atoms with Crippen LogP contribution in [0.25, 0.3) is 0 Å². The van der Waals surface area contributed by atoms with E-state index in [0.29, 0.717) is 5.02 Å². The van der Waals surface area contributed by atoms with Gasteiger partial charge in [0.15, 0.2) is 0 Å². The maximum Gasteiger partial charge on any atom is 0.107 e. The zero-order valence-electron chi connectivity index (χ0n) is 11.9. The Labute approximate surface area is 137 Å². The molecule has 3 N–H and O–H groups in total. The molecular formula is C13H18BrClN6. The van der Waals surface area contributed by atoms with Crippen molar-refractivity contribution in [2.75, 3.05) is 20.6 Å². The normalized spacial score (nSPS) is 12.9. The zero-order valence-corrected chi connectivity index (χ0v) is 14.3. The minimum absolute atomic E-state index is 0.335. The fourth-order valence-electron chi connectivity index (χ4n) is 2.03. The van der Waals surface area contributed by atoms with Crippen LogP contribution < -0.4 is 11.3 Å². The van der Waals surface area contributed by atoms with E-state index in [9.17, 15) is 0 Å². The molecule has 0 saturated carbocycles. The van der Waals surface area contributed by atoms with Crippen LogP contribution in [0.3, 0.4) is 0 Å². The highest BCUT2D eigenvalue weighted by Crippen LogP contribution is 2.30. The summed E-state index contributed by atoms with van der Waals surface area (Å²) in [6.45, 7) is 1.57. The van der Waals surface area contributed by atoms with Gasteiger partial charge >= 0.3 is 0 Å². The number of rotatable bonds is 6. The summed E-state index contributed by atoms with van der Waals surface area (Å²) in [5.41, 5.74) is 4.36. The van der Waals surface area contributed by atoms with Gasteiger partial charge in [-0.1, -0.05) is 11.6 Å². The molecule has 0 amide bonds. The highest BCUT2D eigenvalue weighted by molar-refractivity contribution is 9.10. The summed E-state index contributed by atoms with van der Waals surface area (Å²) in [6.07, 6.45) is 3.35. The first-order valence-corrected chi connectivity index (χ1v) is 7.64. The second-order valence-electron chi connectivity index (χ2n) is 4.87. The Bertz CT molecular complexity index is 600. The SMILES string of the molecule is CN(C)CCn1ncc(Cl)c1C(NN)c1ncccc1Br. The third-order valence-corrected chi connectivity index (χ3v) is 4.05. The van der Waals surface area contributed by atoms with E-state index in [1.165, 1.54) is 0 Å². The van der Waals surface area contributed by atoms with E-state index in [1.807, 2.05) is 30.9 Å². The third kappa shape index (κ3) is 3.81. The van der Waals surface area contributed by atoms with Gasteiger partial charge in [-0.05, 0) is 42.2 Å². The van der Waals surface area contributed by atoms with Crippen molar-refractivity contribution in [3.8, 4) is 0 Å². The minimum Gasteiger partial charge on any atom is -0.308 e. The number of nitrogens with zero attached hydrogens (tertiary/aromatic N) is 4. The van der Waals surface area contributed by atoms with E-state index in [0.717, 1.165) is 29.0 Å². The molecule has 0 bridgehead atoms. The average molecular weight is 374 g/mol. The molecule has 6 nitrogen and oxygen atoms in total. The van der Waals surface area contributed by atoms with Crippen molar-refractivity contribution in [3.05, 3.63) is 45.4 Å². The summed E-state index contributed by atoms with van der Waals surface area (Å²) in [5, 5.41) is 4.90. The van der Waals surface area contributed by atoms with Gasteiger partial charge in [0.25, 0.3) is 0 Å². The van der Waals surface area contributed by atoms with Gasteiger partial charge in [0.1, 0.15) is 6.04 Å².